The van der Waals surface area contributed by atoms with Crippen molar-refractivity contribution in [1.29, 1.82) is 0 Å². The Morgan fingerprint density at radius 2 is 0.838 bits per heavy atom. The van der Waals surface area contributed by atoms with Gasteiger partial charge in [-0.15, -0.1) is 0 Å². The summed E-state index contributed by atoms with van der Waals surface area (Å²) in [6.07, 6.45) is 9.00. The average molecular weight is 1100 g/mol. The van der Waals surface area contributed by atoms with E-state index in [9.17, 15) is 28.8 Å². The number of hydrogen-bond donors (Lipinski definition) is 4. The Morgan fingerprint density at radius 3 is 1.19 bits per heavy atom. The Balaban J connectivity index is 1.09. The molecular formula is C66H94N8O6. The van der Waals surface area contributed by atoms with Crippen molar-refractivity contribution in [3.63, 3.8) is 0 Å². The van der Waals surface area contributed by atoms with Crippen LogP contribution in [-0.2, 0) is 41.9 Å². The van der Waals surface area contributed by atoms with Gasteiger partial charge in [-0.25, -0.2) is 0 Å². The van der Waals surface area contributed by atoms with Crippen molar-refractivity contribution >= 4 is 35.4 Å². The van der Waals surface area contributed by atoms with Crippen LogP contribution in [0.4, 0.5) is 0 Å². The van der Waals surface area contributed by atoms with E-state index in [1.54, 1.807) is 27.9 Å². The summed E-state index contributed by atoms with van der Waals surface area (Å²) < 4.78 is 0. The molecule has 2 heterocycles. The Kier molecular flexibility index (Phi) is 23.5. The van der Waals surface area contributed by atoms with E-state index >= 15 is 0 Å². The van der Waals surface area contributed by atoms with Gasteiger partial charge in [-0.2, -0.15) is 0 Å². The fourth-order valence-electron chi connectivity index (χ4n) is 11.2. The number of amides is 6. The molecule has 2 aliphatic rings. The maximum atomic E-state index is 14.5. The fourth-order valence-corrected chi connectivity index (χ4v) is 11.2. The molecule has 0 aromatic heterocycles. The van der Waals surface area contributed by atoms with Crippen molar-refractivity contribution in [2.45, 2.75) is 182 Å². The van der Waals surface area contributed by atoms with Crippen LogP contribution in [0.5, 0.6) is 0 Å². The lowest BCUT2D eigenvalue weighted by molar-refractivity contribution is -0.142. The number of unbranched alkanes of at least 4 members (excludes halogenated alkanes) is 5. The molecule has 0 unspecified atom stereocenters. The Bertz CT molecular complexity index is 2470. The summed E-state index contributed by atoms with van der Waals surface area (Å²) in [7, 11) is 3.45. The maximum Gasteiger partial charge on any atom is 0.246 e. The second-order valence-electron chi connectivity index (χ2n) is 24.5. The summed E-state index contributed by atoms with van der Waals surface area (Å²) in [6, 6.07) is 34.2. The number of nitrogens with one attached hydrogen (secondary N) is 4. The second-order valence-corrected chi connectivity index (χ2v) is 24.5. The summed E-state index contributed by atoms with van der Waals surface area (Å²) >= 11 is 0. The quantitative estimate of drug-likeness (QED) is 0.0429. The zero-order chi connectivity index (χ0) is 58.0. The first-order valence-electron chi connectivity index (χ1n) is 29.6. The number of nitrogens with zero attached hydrogens (tertiary/aromatic N) is 4. The predicted molar refractivity (Wildman–Crippen MR) is 321 cm³/mol. The molecule has 0 saturated carbocycles. The minimum atomic E-state index is -0.726. The van der Waals surface area contributed by atoms with Gasteiger partial charge in [0, 0.05) is 64.2 Å². The minimum absolute atomic E-state index is 0.0554. The molecule has 2 fully saturated rings. The highest BCUT2D eigenvalue weighted by molar-refractivity contribution is 5.91. The molecule has 0 radical (unpaired) electrons. The van der Waals surface area contributed by atoms with Crippen LogP contribution < -0.4 is 21.3 Å². The molecule has 0 spiro atoms. The van der Waals surface area contributed by atoms with E-state index in [0.717, 1.165) is 97.6 Å². The van der Waals surface area contributed by atoms with Gasteiger partial charge in [-0.3, -0.25) is 28.8 Å². The van der Waals surface area contributed by atoms with E-state index < -0.39 is 35.0 Å². The number of likely N-dealkylation sites (tertiary alicyclic amines) is 2. The zero-order valence-electron chi connectivity index (χ0n) is 49.8. The lowest BCUT2D eigenvalue weighted by Crippen LogP contribution is -2.59. The fraction of sp³-hybridized carbons (Fsp3) is 0.545. The van der Waals surface area contributed by atoms with E-state index in [4.69, 9.17) is 0 Å². The molecule has 4 N–H and O–H groups in total. The molecule has 6 atom stereocenters. The van der Waals surface area contributed by atoms with Crippen LogP contribution in [0.1, 0.15) is 144 Å². The van der Waals surface area contributed by atoms with Crippen LogP contribution in [0.25, 0.3) is 22.3 Å². The van der Waals surface area contributed by atoms with Crippen molar-refractivity contribution < 1.29 is 28.8 Å². The lowest BCUT2D eigenvalue weighted by Gasteiger charge is -2.37. The summed E-state index contributed by atoms with van der Waals surface area (Å²) in [6.45, 7) is 18.1. The van der Waals surface area contributed by atoms with Crippen molar-refractivity contribution in [3.8, 4) is 22.3 Å². The third-order valence-corrected chi connectivity index (χ3v) is 16.3. The minimum Gasteiger partial charge on any atom is -0.342 e. The molecule has 4 aromatic rings. The molecule has 2 saturated heterocycles. The summed E-state index contributed by atoms with van der Waals surface area (Å²) in [5.41, 5.74) is 5.32. The van der Waals surface area contributed by atoms with Crippen LogP contribution in [-0.4, -0.2) is 132 Å². The molecule has 0 aliphatic carbocycles. The van der Waals surface area contributed by atoms with Gasteiger partial charge in [0.15, 0.2) is 0 Å². The highest BCUT2D eigenvalue weighted by atomic mass is 16.2. The second kappa shape index (κ2) is 29.9. The van der Waals surface area contributed by atoms with E-state index in [2.05, 4.69) is 69.8 Å². The summed E-state index contributed by atoms with van der Waals surface area (Å²) in [4.78, 5) is 92.0. The number of rotatable bonds is 27. The summed E-state index contributed by atoms with van der Waals surface area (Å²) in [5, 5.41) is 12.0. The Morgan fingerprint density at radius 1 is 0.500 bits per heavy atom. The highest BCUT2D eigenvalue weighted by Crippen LogP contribution is 2.32. The van der Waals surface area contributed by atoms with Gasteiger partial charge in [-0.1, -0.05) is 176 Å². The monoisotopic (exact) mass is 1090 g/mol. The summed E-state index contributed by atoms with van der Waals surface area (Å²) in [5.74, 6) is -0.571. The van der Waals surface area contributed by atoms with Gasteiger partial charge >= 0.3 is 0 Å². The SMILES string of the molecule is CN[C@@H](C)C(=O)N[C@H](C(=O)N1CCC[C@@H]1CN(Cc1ccccc1-c1ccccc1)C(=O)CCCCCCCCC(=O)N(Cc1ccccc1-c1ccccc1)C[C@@H]1CCCN1C(=O)[C@@H](NC(=O)[C@H](C)NC)C(C)(C)C)C(C)(C)C. The van der Waals surface area contributed by atoms with E-state index in [1.165, 1.54) is 0 Å². The largest absolute Gasteiger partial charge is 0.342 e. The average Bonchev–Trinajstić information content (AvgIpc) is 4.14. The Labute approximate surface area is 478 Å². The molecule has 0 bridgehead atoms. The van der Waals surface area contributed by atoms with Crippen LogP contribution >= 0.6 is 0 Å². The van der Waals surface area contributed by atoms with Crippen LogP contribution in [0.3, 0.4) is 0 Å². The third-order valence-electron chi connectivity index (χ3n) is 16.3. The molecule has 14 heteroatoms. The number of carbonyl (C=O) groups excluding carboxylic acids is 6. The van der Waals surface area contributed by atoms with Crippen LogP contribution in [0.15, 0.2) is 109 Å². The van der Waals surface area contributed by atoms with Gasteiger partial charge < -0.3 is 40.9 Å². The van der Waals surface area contributed by atoms with Gasteiger partial charge in [0.1, 0.15) is 12.1 Å². The van der Waals surface area contributed by atoms with E-state index in [0.29, 0.717) is 52.1 Å². The molecule has 4 aromatic carbocycles. The van der Waals surface area contributed by atoms with Gasteiger partial charge in [-0.05, 0) is 111 Å². The van der Waals surface area contributed by atoms with Gasteiger partial charge in [0.05, 0.1) is 12.1 Å². The van der Waals surface area contributed by atoms with Gasteiger partial charge in [0.2, 0.25) is 35.4 Å². The van der Waals surface area contributed by atoms with E-state index in [1.807, 2.05) is 122 Å². The lowest BCUT2D eigenvalue weighted by atomic mass is 9.85. The first-order chi connectivity index (χ1) is 38.2. The van der Waals surface area contributed by atoms with Crippen molar-refractivity contribution in [2.24, 2.45) is 10.8 Å². The van der Waals surface area contributed by atoms with Crippen LogP contribution in [0.2, 0.25) is 0 Å². The maximum absolute atomic E-state index is 14.5. The van der Waals surface area contributed by atoms with Gasteiger partial charge in [0.25, 0.3) is 0 Å². The number of hydrogen-bond acceptors (Lipinski definition) is 8. The number of benzene rings is 4. The highest BCUT2D eigenvalue weighted by Gasteiger charge is 2.43. The standard InChI is InChI=1S/C66H94N8O6/c1-47(67-9)61(77)69-59(65(3,4)5)63(79)73-41-27-35-53(73)45-71(43-51-33-23-25-37-55(51)49-29-17-15-18-30-49)57(75)39-21-13-11-12-14-22-40-58(76)72(44-52-34-24-26-38-56(52)50-31-19-16-20-32-50)46-54-36-28-42-74(54)64(80)60(66(6,7)8)70-62(78)48(2)68-10/h15-20,23-26,29-34,37-38,47-48,53-54,59-60,67-68H,11-14,21-22,27-28,35-36,39-46H2,1-10H3,(H,69,77)(H,70,78)/t47-,48-,53-,54+,59+,60+/m0/s1. The molecule has 14 nitrogen and oxygen atoms in total. The molecule has 6 rings (SSSR count). The first kappa shape index (κ1) is 62.8. The van der Waals surface area contributed by atoms with E-state index in [-0.39, 0.29) is 47.5 Å². The Hall–Kier alpha value is -6.38. The van der Waals surface area contributed by atoms with Crippen LogP contribution in [0, 0.1) is 10.8 Å². The molecule has 434 valence electrons. The van der Waals surface area contributed by atoms with Crippen molar-refractivity contribution in [2.75, 3.05) is 40.3 Å². The zero-order valence-corrected chi connectivity index (χ0v) is 49.8. The third kappa shape index (κ3) is 17.6. The molecular weight excluding hydrogens is 1000 g/mol. The topological polar surface area (TPSA) is 163 Å². The number of likely N-dealkylation sites (N-methyl/N-ethyl adjacent to an activating group) is 2. The predicted octanol–water partition coefficient (Wildman–Crippen LogP) is 9.76. The smallest absolute Gasteiger partial charge is 0.246 e. The normalized spacial score (nSPS) is 17.1. The molecule has 2 aliphatic heterocycles. The molecule has 6 amide bonds. The first-order valence-corrected chi connectivity index (χ1v) is 29.6. The van der Waals surface area contributed by atoms with Crippen molar-refractivity contribution in [3.05, 3.63) is 120 Å². The molecule has 80 heavy (non-hydrogen) atoms. The van der Waals surface area contributed by atoms with Crippen molar-refractivity contribution in [1.82, 2.24) is 40.9 Å². The number of carbonyl (C=O) groups is 6.